The summed E-state index contributed by atoms with van der Waals surface area (Å²) in [4.78, 5) is 0. The van der Waals surface area contributed by atoms with Crippen molar-refractivity contribution in [3.63, 3.8) is 0 Å². The predicted octanol–water partition coefficient (Wildman–Crippen LogP) is 2.33. The summed E-state index contributed by atoms with van der Waals surface area (Å²) in [7, 11) is 2.47. The zero-order chi connectivity index (χ0) is 8.91. The van der Waals surface area contributed by atoms with Gasteiger partial charge in [0.25, 0.3) is 0 Å². The quantitative estimate of drug-likeness (QED) is 0.473. The fourth-order valence-electron chi connectivity index (χ4n) is 0.883. The van der Waals surface area contributed by atoms with E-state index in [1.807, 2.05) is 0 Å². The van der Waals surface area contributed by atoms with Crippen LogP contribution in [0.5, 0.6) is 0 Å². The van der Waals surface area contributed by atoms with Gasteiger partial charge in [-0.05, 0) is 6.42 Å². The highest BCUT2D eigenvalue weighted by Gasteiger charge is 2.15. The van der Waals surface area contributed by atoms with Crippen LogP contribution in [0, 0.1) is 0 Å². The maximum atomic E-state index is 5.09. The first-order chi connectivity index (χ1) is 4.99. The van der Waals surface area contributed by atoms with E-state index in [9.17, 15) is 0 Å². The minimum absolute atomic E-state index is 0.00160. The standard InChI is InChI=1S/C8H20O2Si/c1-9-8(10-2)6-7-11(3,4)5/h8H,6-7H2,1-5H3. The fourth-order valence-corrected chi connectivity index (χ4v) is 1.98. The Hall–Kier alpha value is 0.137. The van der Waals surface area contributed by atoms with E-state index >= 15 is 0 Å². The van der Waals surface area contributed by atoms with Gasteiger partial charge in [0.05, 0.1) is 0 Å². The molecule has 0 N–H and O–H groups in total. The van der Waals surface area contributed by atoms with Gasteiger partial charge in [0.15, 0.2) is 6.29 Å². The first-order valence-electron chi connectivity index (χ1n) is 4.05. The highest BCUT2D eigenvalue weighted by atomic mass is 28.3. The molecular weight excluding hydrogens is 156 g/mol. The van der Waals surface area contributed by atoms with Gasteiger partial charge in [-0.25, -0.2) is 0 Å². The molecule has 0 heterocycles. The third-order valence-electron chi connectivity index (χ3n) is 1.66. The second kappa shape index (κ2) is 4.90. The number of methoxy groups -OCH3 is 2. The number of hydrogen-bond acceptors (Lipinski definition) is 2. The normalized spacial score (nSPS) is 12.5. The molecular formula is C8H20O2Si. The summed E-state index contributed by atoms with van der Waals surface area (Å²) < 4.78 is 10.2. The first-order valence-corrected chi connectivity index (χ1v) is 7.76. The molecule has 0 unspecified atom stereocenters. The lowest BCUT2D eigenvalue weighted by Gasteiger charge is -2.19. The molecule has 0 radical (unpaired) electrons. The molecule has 0 aliphatic rings. The summed E-state index contributed by atoms with van der Waals surface area (Å²) in [6.07, 6.45) is 1.03. The van der Waals surface area contributed by atoms with E-state index in [-0.39, 0.29) is 6.29 Å². The summed E-state index contributed by atoms with van der Waals surface area (Å²) in [5, 5.41) is 0. The summed E-state index contributed by atoms with van der Waals surface area (Å²) in [5.41, 5.74) is 0. The first kappa shape index (κ1) is 11.1. The molecule has 0 aromatic rings. The maximum Gasteiger partial charge on any atom is 0.156 e. The van der Waals surface area contributed by atoms with E-state index < -0.39 is 8.07 Å². The minimum Gasteiger partial charge on any atom is -0.356 e. The molecule has 11 heavy (non-hydrogen) atoms. The Balaban J connectivity index is 3.51. The van der Waals surface area contributed by atoms with Gasteiger partial charge in [-0.3, -0.25) is 0 Å². The zero-order valence-electron chi connectivity index (χ0n) is 8.31. The van der Waals surface area contributed by atoms with Crippen LogP contribution in [-0.4, -0.2) is 28.6 Å². The van der Waals surface area contributed by atoms with Crippen molar-refractivity contribution in [2.75, 3.05) is 14.2 Å². The second-order valence-corrected chi connectivity index (χ2v) is 9.62. The summed E-state index contributed by atoms with van der Waals surface area (Å²) in [6, 6.07) is 1.26. The molecule has 0 aromatic heterocycles. The third kappa shape index (κ3) is 6.53. The average Bonchev–Trinajstić information content (AvgIpc) is 1.88. The average molecular weight is 176 g/mol. The molecule has 3 heteroatoms. The molecule has 0 saturated carbocycles. The van der Waals surface area contributed by atoms with Crippen LogP contribution in [0.3, 0.4) is 0 Å². The highest BCUT2D eigenvalue weighted by Crippen LogP contribution is 2.14. The molecule has 0 saturated heterocycles. The van der Waals surface area contributed by atoms with Crippen molar-refractivity contribution in [1.29, 1.82) is 0 Å². The fraction of sp³-hybridized carbons (Fsp3) is 1.00. The second-order valence-electron chi connectivity index (χ2n) is 4.00. The Bertz CT molecular complexity index is 94.8. The number of ether oxygens (including phenoxy) is 2. The van der Waals surface area contributed by atoms with Crippen LogP contribution in [0.25, 0.3) is 0 Å². The topological polar surface area (TPSA) is 18.5 Å². The van der Waals surface area contributed by atoms with Crippen molar-refractivity contribution in [3.8, 4) is 0 Å². The molecule has 0 rings (SSSR count). The van der Waals surface area contributed by atoms with E-state index in [1.54, 1.807) is 14.2 Å². The minimum atomic E-state index is -0.913. The SMILES string of the molecule is COC(CC[Si](C)(C)C)OC. The van der Waals surface area contributed by atoms with Gasteiger partial charge in [-0.2, -0.15) is 0 Å². The zero-order valence-corrected chi connectivity index (χ0v) is 9.31. The molecule has 0 aliphatic carbocycles. The third-order valence-corrected chi connectivity index (χ3v) is 3.44. The predicted molar refractivity (Wildman–Crippen MR) is 50.6 cm³/mol. The van der Waals surface area contributed by atoms with E-state index in [4.69, 9.17) is 9.47 Å². The van der Waals surface area contributed by atoms with Gasteiger partial charge in [0.1, 0.15) is 0 Å². The molecule has 0 amide bonds. The smallest absolute Gasteiger partial charge is 0.156 e. The Kier molecular flexibility index (Phi) is 4.96. The summed E-state index contributed by atoms with van der Waals surface area (Å²) >= 11 is 0. The molecule has 0 aromatic carbocycles. The van der Waals surface area contributed by atoms with Crippen molar-refractivity contribution in [3.05, 3.63) is 0 Å². The van der Waals surface area contributed by atoms with Gasteiger partial charge in [-0.1, -0.05) is 25.7 Å². The van der Waals surface area contributed by atoms with E-state index in [1.165, 1.54) is 6.04 Å². The maximum absolute atomic E-state index is 5.09. The van der Waals surface area contributed by atoms with Crippen LogP contribution in [0.1, 0.15) is 6.42 Å². The van der Waals surface area contributed by atoms with Crippen LogP contribution in [0.15, 0.2) is 0 Å². The lowest BCUT2D eigenvalue weighted by molar-refractivity contribution is -0.103. The Morgan fingerprint density at radius 2 is 1.55 bits per heavy atom. The molecule has 2 nitrogen and oxygen atoms in total. The number of hydrogen-bond donors (Lipinski definition) is 0. The molecule has 68 valence electrons. The van der Waals surface area contributed by atoms with Crippen LogP contribution >= 0.6 is 0 Å². The summed E-state index contributed by atoms with van der Waals surface area (Å²) in [6.45, 7) is 7.07. The Morgan fingerprint density at radius 3 is 1.82 bits per heavy atom. The molecule has 0 bridgehead atoms. The van der Waals surface area contributed by atoms with Gasteiger partial charge >= 0.3 is 0 Å². The van der Waals surface area contributed by atoms with E-state index in [0.29, 0.717) is 0 Å². The molecule has 0 atom stereocenters. The van der Waals surface area contributed by atoms with Crippen LogP contribution in [0.4, 0.5) is 0 Å². The summed E-state index contributed by atoms with van der Waals surface area (Å²) in [5.74, 6) is 0. The van der Waals surface area contributed by atoms with E-state index in [2.05, 4.69) is 19.6 Å². The lowest BCUT2D eigenvalue weighted by atomic mass is 10.5. The van der Waals surface area contributed by atoms with Crippen LogP contribution < -0.4 is 0 Å². The van der Waals surface area contributed by atoms with Gasteiger partial charge in [-0.15, -0.1) is 0 Å². The highest BCUT2D eigenvalue weighted by molar-refractivity contribution is 6.76. The van der Waals surface area contributed by atoms with Crippen molar-refractivity contribution >= 4 is 8.07 Å². The van der Waals surface area contributed by atoms with Gasteiger partial charge in [0.2, 0.25) is 0 Å². The van der Waals surface area contributed by atoms with Crippen molar-refractivity contribution in [2.24, 2.45) is 0 Å². The van der Waals surface area contributed by atoms with Crippen molar-refractivity contribution < 1.29 is 9.47 Å². The largest absolute Gasteiger partial charge is 0.356 e. The van der Waals surface area contributed by atoms with Gasteiger partial charge < -0.3 is 9.47 Å². The molecule has 0 spiro atoms. The van der Waals surface area contributed by atoms with E-state index in [0.717, 1.165) is 6.42 Å². The molecule has 0 aliphatic heterocycles. The Morgan fingerprint density at radius 1 is 1.09 bits per heavy atom. The van der Waals surface area contributed by atoms with Crippen molar-refractivity contribution in [2.45, 2.75) is 38.4 Å². The molecule has 0 fully saturated rings. The van der Waals surface area contributed by atoms with Crippen LogP contribution in [-0.2, 0) is 9.47 Å². The Labute approximate surface area is 70.9 Å². The monoisotopic (exact) mass is 176 g/mol. The van der Waals surface area contributed by atoms with Crippen LogP contribution in [0.2, 0.25) is 25.7 Å². The van der Waals surface area contributed by atoms with Gasteiger partial charge in [0, 0.05) is 22.3 Å². The number of rotatable bonds is 5. The van der Waals surface area contributed by atoms with Crippen molar-refractivity contribution in [1.82, 2.24) is 0 Å². The lowest BCUT2D eigenvalue weighted by Crippen LogP contribution is -2.23.